The molecule has 2 heterocycles. The minimum absolute atomic E-state index is 0.0597. The van der Waals surface area contributed by atoms with Gasteiger partial charge in [-0.1, -0.05) is 51.1 Å². The third kappa shape index (κ3) is 4.88. The van der Waals surface area contributed by atoms with Crippen molar-refractivity contribution < 1.29 is 9.21 Å². The average Bonchev–Trinajstić information content (AvgIpc) is 3.31. The van der Waals surface area contributed by atoms with Gasteiger partial charge in [-0.05, 0) is 73.5 Å². The summed E-state index contributed by atoms with van der Waals surface area (Å²) in [6.07, 6.45) is 2.34. The van der Waals surface area contributed by atoms with Crippen molar-refractivity contribution in [3.05, 3.63) is 80.7 Å². The molecule has 4 rings (SSSR count). The van der Waals surface area contributed by atoms with Crippen molar-refractivity contribution in [3.8, 4) is 0 Å². The summed E-state index contributed by atoms with van der Waals surface area (Å²) < 4.78 is 5.91. The number of likely N-dealkylation sites (tertiary alicyclic amines) is 1. The van der Waals surface area contributed by atoms with E-state index < -0.39 is 0 Å². The fourth-order valence-electron chi connectivity index (χ4n) is 4.56. The predicted molar refractivity (Wildman–Crippen MR) is 133 cm³/mol. The highest BCUT2D eigenvalue weighted by molar-refractivity contribution is 5.93. The molecule has 5 nitrogen and oxygen atoms in total. The first kappa shape index (κ1) is 23.2. The molecule has 1 fully saturated rings. The van der Waals surface area contributed by atoms with Crippen LogP contribution in [0.3, 0.4) is 0 Å². The molecule has 5 heteroatoms. The lowest BCUT2D eigenvalue weighted by molar-refractivity contribution is 0.0910. The van der Waals surface area contributed by atoms with E-state index in [0.717, 1.165) is 24.2 Å². The van der Waals surface area contributed by atoms with Crippen molar-refractivity contribution in [1.29, 1.82) is 0 Å². The summed E-state index contributed by atoms with van der Waals surface area (Å²) in [6.45, 7) is 13.0. The van der Waals surface area contributed by atoms with Crippen LogP contribution in [-0.4, -0.2) is 30.4 Å². The van der Waals surface area contributed by atoms with Crippen LogP contribution in [0.25, 0.3) is 11.0 Å². The third-order valence-electron chi connectivity index (χ3n) is 6.84. The highest BCUT2D eigenvalue weighted by Crippen LogP contribution is 2.28. The molecule has 33 heavy (non-hydrogen) atoms. The van der Waals surface area contributed by atoms with E-state index in [-0.39, 0.29) is 28.6 Å². The second-order valence-corrected chi connectivity index (χ2v) is 10.2. The molecule has 1 N–H and O–H groups in total. The summed E-state index contributed by atoms with van der Waals surface area (Å²) in [4.78, 5) is 28.0. The molecule has 0 aliphatic carbocycles. The van der Waals surface area contributed by atoms with Gasteiger partial charge in [0.2, 0.25) is 0 Å². The van der Waals surface area contributed by atoms with E-state index in [2.05, 4.69) is 55.3 Å². The van der Waals surface area contributed by atoms with Crippen LogP contribution in [0.2, 0.25) is 0 Å². The second-order valence-electron chi connectivity index (χ2n) is 10.2. The number of hydrogen-bond donors (Lipinski definition) is 1. The predicted octanol–water partition coefficient (Wildman–Crippen LogP) is 5.27. The fourth-order valence-corrected chi connectivity index (χ4v) is 4.56. The van der Waals surface area contributed by atoms with Crippen LogP contribution >= 0.6 is 0 Å². The van der Waals surface area contributed by atoms with Gasteiger partial charge in [0.25, 0.3) is 5.91 Å². The number of hydrogen-bond acceptors (Lipinski definition) is 4. The van der Waals surface area contributed by atoms with Gasteiger partial charge in [0.1, 0.15) is 5.58 Å². The van der Waals surface area contributed by atoms with E-state index >= 15 is 0 Å². The maximum absolute atomic E-state index is 13.0. The van der Waals surface area contributed by atoms with Gasteiger partial charge >= 0.3 is 0 Å². The van der Waals surface area contributed by atoms with Gasteiger partial charge in [0, 0.05) is 12.6 Å². The van der Waals surface area contributed by atoms with Gasteiger partial charge in [0.05, 0.1) is 11.4 Å². The topological polar surface area (TPSA) is 62.6 Å². The number of carbonyl (C=O) groups is 1. The first-order chi connectivity index (χ1) is 15.6. The van der Waals surface area contributed by atoms with E-state index in [1.165, 1.54) is 30.0 Å². The monoisotopic (exact) mass is 446 g/mol. The smallest absolute Gasteiger partial charge is 0.287 e. The Bertz CT molecular complexity index is 1210. The summed E-state index contributed by atoms with van der Waals surface area (Å²) in [5, 5.41) is 3.54. The number of rotatable bonds is 5. The molecule has 0 radical (unpaired) electrons. The van der Waals surface area contributed by atoms with Gasteiger partial charge < -0.3 is 9.73 Å². The van der Waals surface area contributed by atoms with Crippen LogP contribution in [0.15, 0.2) is 51.7 Å². The molecular formula is C28H34N2O3. The molecule has 1 amide bonds. The Morgan fingerprint density at radius 2 is 1.73 bits per heavy atom. The Balaban J connectivity index is 1.57. The molecule has 0 saturated carbocycles. The van der Waals surface area contributed by atoms with Crippen LogP contribution in [0.4, 0.5) is 0 Å². The SMILES string of the molecule is Cc1ccc2c(=O)cc(C(=O)NCC(c3ccc(C(C)(C)C)cc3)N3CCCC3)oc2c1C. The van der Waals surface area contributed by atoms with E-state index in [4.69, 9.17) is 4.42 Å². The first-order valence-corrected chi connectivity index (χ1v) is 11.8. The quantitative estimate of drug-likeness (QED) is 0.580. The molecule has 3 aromatic rings. The molecular weight excluding hydrogens is 412 g/mol. The van der Waals surface area contributed by atoms with E-state index in [9.17, 15) is 9.59 Å². The van der Waals surface area contributed by atoms with Crippen molar-refractivity contribution in [1.82, 2.24) is 10.2 Å². The van der Waals surface area contributed by atoms with Gasteiger partial charge in [-0.3, -0.25) is 14.5 Å². The summed E-state index contributed by atoms with van der Waals surface area (Å²) in [7, 11) is 0. The minimum Gasteiger partial charge on any atom is -0.450 e. The van der Waals surface area contributed by atoms with Crippen molar-refractivity contribution in [2.24, 2.45) is 0 Å². The summed E-state index contributed by atoms with van der Waals surface area (Å²) in [6, 6.07) is 13.8. The zero-order valence-corrected chi connectivity index (χ0v) is 20.3. The van der Waals surface area contributed by atoms with Crippen molar-refractivity contribution in [2.45, 2.75) is 58.9 Å². The molecule has 0 bridgehead atoms. The molecule has 1 unspecified atom stereocenters. The Morgan fingerprint density at radius 3 is 2.36 bits per heavy atom. The third-order valence-corrected chi connectivity index (χ3v) is 6.84. The number of benzene rings is 2. The lowest BCUT2D eigenvalue weighted by Gasteiger charge is -2.29. The minimum atomic E-state index is -0.356. The molecule has 0 spiro atoms. The van der Waals surface area contributed by atoms with Crippen LogP contribution < -0.4 is 10.7 Å². The van der Waals surface area contributed by atoms with E-state index in [1.54, 1.807) is 6.07 Å². The largest absolute Gasteiger partial charge is 0.450 e. The number of amides is 1. The molecule has 1 saturated heterocycles. The maximum atomic E-state index is 13.0. The Kier molecular flexibility index (Phi) is 6.44. The molecule has 1 atom stereocenters. The number of aryl methyl sites for hydroxylation is 2. The number of nitrogens with one attached hydrogen (secondary N) is 1. The Labute approximate surface area is 195 Å². The summed E-state index contributed by atoms with van der Waals surface area (Å²) in [5.41, 5.74) is 4.78. The van der Waals surface area contributed by atoms with Gasteiger partial charge in [-0.25, -0.2) is 0 Å². The lowest BCUT2D eigenvalue weighted by atomic mass is 9.86. The highest BCUT2D eigenvalue weighted by atomic mass is 16.3. The number of fused-ring (bicyclic) bond motifs is 1. The van der Waals surface area contributed by atoms with Gasteiger partial charge in [-0.15, -0.1) is 0 Å². The average molecular weight is 447 g/mol. The molecule has 2 aromatic carbocycles. The lowest BCUT2D eigenvalue weighted by Crippen LogP contribution is -2.37. The summed E-state index contributed by atoms with van der Waals surface area (Å²) >= 11 is 0. The zero-order chi connectivity index (χ0) is 23.8. The normalized spacial score (nSPS) is 15.7. The van der Waals surface area contributed by atoms with Crippen LogP contribution in [0, 0.1) is 13.8 Å². The van der Waals surface area contributed by atoms with Crippen LogP contribution in [0.5, 0.6) is 0 Å². The van der Waals surface area contributed by atoms with Crippen molar-refractivity contribution in [2.75, 3.05) is 19.6 Å². The Hall–Kier alpha value is -2.92. The van der Waals surface area contributed by atoms with Gasteiger partial charge in [0.15, 0.2) is 11.2 Å². The van der Waals surface area contributed by atoms with Crippen molar-refractivity contribution in [3.63, 3.8) is 0 Å². The molecule has 1 aliphatic rings. The Morgan fingerprint density at radius 1 is 1.06 bits per heavy atom. The van der Waals surface area contributed by atoms with E-state index in [1.807, 2.05) is 19.9 Å². The maximum Gasteiger partial charge on any atom is 0.287 e. The molecule has 1 aromatic heterocycles. The first-order valence-electron chi connectivity index (χ1n) is 11.8. The fraction of sp³-hybridized carbons (Fsp3) is 0.429. The van der Waals surface area contributed by atoms with Crippen LogP contribution in [0.1, 0.15) is 72.5 Å². The zero-order valence-electron chi connectivity index (χ0n) is 20.3. The summed E-state index contributed by atoms with van der Waals surface area (Å²) in [5.74, 6) is -0.296. The van der Waals surface area contributed by atoms with Crippen molar-refractivity contribution >= 4 is 16.9 Å². The van der Waals surface area contributed by atoms with Gasteiger partial charge in [-0.2, -0.15) is 0 Å². The van der Waals surface area contributed by atoms with Crippen LogP contribution in [-0.2, 0) is 5.41 Å². The second kappa shape index (κ2) is 9.14. The molecule has 1 aliphatic heterocycles. The number of carbonyl (C=O) groups excluding carboxylic acids is 1. The molecule has 174 valence electrons. The standard InChI is InChI=1S/C28H34N2O3/c1-18-8-13-22-24(31)16-25(33-26(22)19(18)2)27(32)29-17-23(30-14-6-7-15-30)20-9-11-21(12-10-20)28(3,4)5/h8-13,16,23H,6-7,14-15,17H2,1-5H3,(H,29,32). The van der Waals surface area contributed by atoms with E-state index in [0.29, 0.717) is 17.5 Å². The highest BCUT2D eigenvalue weighted by Gasteiger charge is 2.25. The number of nitrogens with zero attached hydrogens (tertiary/aromatic N) is 1.